The standard InChI is InChI=1S/C14H22N2O3/c1-4-16-14(3,13(15)17)10-19-12-9-7-6-8-11(12)18-5-2/h6-9,16H,4-5,10H2,1-3H3,(H2,15,17). The number of nitrogens with one attached hydrogen (secondary N) is 1. The SMILES string of the molecule is CCNC(C)(COc1ccccc1OCC)C(N)=O. The second kappa shape index (κ2) is 6.99. The van der Waals surface area contributed by atoms with Gasteiger partial charge in [-0.05, 0) is 32.5 Å². The van der Waals surface area contributed by atoms with Gasteiger partial charge in [0, 0.05) is 0 Å². The Morgan fingerprint density at radius 2 is 1.84 bits per heavy atom. The van der Waals surface area contributed by atoms with Gasteiger partial charge in [0.25, 0.3) is 0 Å². The van der Waals surface area contributed by atoms with Crippen LogP contribution in [0.4, 0.5) is 0 Å². The molecule has 0 aliphatic carbocycles. The van der Waals surface area contributed by atoms with Gasteiger partial charge in [-0.3, -0.25) is 4.79 Å². The monoisotopic (exact) mass is 266 g/mol. The van der Waals surface area contributed by atoms with Crippen molar-refractivity contribution in [2.75, 3.05) is 19.8 Å². The van der Waals surface area contributed by atoms with Crippen molar-refractivity contribution in [3.05, 3.63) is 24.3 Å². The van der Waals surface area contributed by atoms with Crippen molar-refractivity contribution in [3.8, 4) is 11.5 Å². The van der Waals surface area contributed by atoms with Crippen molar-refractivity contribution in [3.63, 3.8) is 0 Å². The summed E-state index contributed by atoms with van der Waals surface area (Å²) in [5.41, 5.74) is 4.51. The number of carbonyl (C=O) groups excluding carboxylic acids is 1. The summed E-state index contributed by atoms with van der Waals surface area (Å²) >= 11 is 0. The van der Waals surface area contributed by atoms with Crippen LogP contribution in [0.3, 0.4) is 0 Å². The van der Waals surface area contributed by atoms with Gasteiger partial charge in [-0.2, -0.15) is 0 Å². The molecule has 3 N–H and O–H groups in total. The molecule has 1 rings (SSSR count). The normalized spacial score (nSPS) is 13.6. The molecule has 0 aliphatic heterocycles. The highest BCUT2D eigenvalue weighted by Gasteiger charge is 2.31. The van der Waals surface area contributed by atoms with Crippen LogP contribution in [-0.4, -0.2) is 31.2 Å². The Labute approximate surface area is 114 Å². The van der Waals surface area contributed by atoms with Gasteiger partial charge < -0.3 is 20.5 Å². The maximum absolute atomic E-state index is 11.5. The number of nitrogens with two attached hydrogens (primary N) is 1. The number of ether oxygens (including phenoxy) is 2. The van der Waals surface area contributed by atoms with Gasteiger partial charge in [-0.1, -0.05) is 19.1 Å². The number of amides is 1. The van der Waals surface area contributed by atoms with Crippen molar-refractivity contribution in [1.82, 2.24) is 5.32 Å². The molecule has 1 aromatic carbocycles. The molecule has 0 bridgehead atoms. The lowest BCUT2D eigenvalue weighted by Crippen LogP contribution is -2.57. The summed E-state index contributed by atoms with van der Waals surface area (Å²) in [5, 5.41) is 3.04. The molecule has 1 atom stereocenters. The first-order valence-corrected chi connectivity index (χ1v) is 6.43. The zero-order valence-electron chi connectivity index (χ0n) is 11.7. The summed E-state index contributed by atoms with van der Waals surface area (Å²) in [5.74, 6) is 0.825. The highest BCUT2D eigenvalue weighted by atomic mass is 16.5. The van der Waals surface area contributed by atoms with E-state index in [0.29, 0.717) is 24.7 Å². The van der Waals surface area contributed by atoms with E-state index < -0.39 is 11.4 Å². The molecular formula is C14H22N2O3. The molecule has 106 valence electrons. The van der Waals surface area contributed by atoms with E-state index in [1.807, 2.05) is 32.0 Å². The molecule has 0 spiro atoms. The average molecular weight is 266 g/mol. The van der Waals surface area contributed by atoms with Crippen LogP contribution >= 0.6 is 0 Å². The Morgan fingerprint density at radius 1 is 1.26 bits per heavy atom. The van der Waals surface area contributed by atoms with Gasteiger partial charge in [-0.25, -0.2) is 0 Å². The zero-order valence-corrected chi connectivity index (χ0v) is 11.7. The molecule has 5 heteroatoms. The fourth-order valence-corrected chi connectivity index (χ4v) is 1.67. The fourth-order valence-electron chi connectivity index (χ4n) is 1.67. The Balaban J connectivity index is 2.77. The van der Waals surface area contributed by atoms with E-state index in [9.17, 15) is 4.79 Å². The number of benzene rings is 1. The summed E-state index contributed by atoms with van der Waals surface area (Å²) in [7, 11) is 0. The van der Waals surface area contributed by atoms with Crippen molar-refractivity contribution in [2.24, 2.45) is 5.73 Å². The largest absolute Gasteiger partial charge is 0.490 e. The maximum Gasteiger partial charge on any atom is 0.240 e. The highest BCUT2D eigenvalue weighted by Crippen LogP contribution is 2.27. The Kier molecular flexibility index (Phi) is 5.63. The fraction of sp³-hybridized carbons (Fsp3) is 0.500. The van der Waals surface area contributed by atoms with Crippen LogP contribution in [0, 0.1) is 0 Å². The molecular weight excluding hydrogens is 244 g/mol. The van der Waals surface area contributed by atoms with E-state index >= 15 is 0 Å². The molecule has 0 radical (unpaired) electrons. The Morgan fingerprint density at radius 3 is 2.32 bits per heavy atom. The lowest BCUT2D eigenvalue weighted by atomic mass is 10.0. The van der Waals surface area contributed by atoms with Crippen LogP contribution in [0.1, 0.15) is 20.8 Å². The summed E-state index contributed by atoms with van der Waals surface area (Å²) in [6, 6.07) is 7.36. The first-order chi connectivity index (χ1) is 9.03. The van der Waals surface area contributed by atoms with Crippen LogP contribution < -0.4 is 20.5 Å². The van der Waals surface area contributed by atoms with Crippen LogP contribution in [0.5, 0.6) is 11.5 Å². The van der Waals surface area contributed by atoms with E-state index in [2.05, 4.69) is 5.32 Å². The summed E-state index contributed by atoms with van der Waals surface area (Å²) in [6.45, 7) is 6.89. The second-order valence-electron chi connectivity index (χ2n) is 4.40. The van der Waals surface area contributed by atoms with Gasteiger partial charge in [0.05, 0.1) is 6.61 Å². The van der Waals surface area contributed by atoms with Crippen molar-refractivity contribution < 1.29 is 14.3 Å². The average Bonchev–Trinajstić information content (AvgIpc) is 2.38. The van der Waals surface area contributed by atoms with E-state index in [4.69, 9.17) is 15.2 Å². The molecule has 0 fully saturated rings. The van der Waals surface area contributed by atoms with Gasteiger partial charge in [0.1, 0.15) is 12.1 Å². The number of hydrogen-bond acceptors (Lipinski definition) is 4. The molecule has 1 amide bonds. The van der Waals surface area contributed by atoms with Gasteiger partial charge in [0.2, 0.25) is 5.91 Å². The quantitative estimate of drug-likeness (QED) is 0.744. The number of rotatable bonds is 8. The Hall–Kier alpha value is -1.75. The molecule has 5 nitrogen and oxygen atoms in total. The first kappa shape index (κ1) is 15.3. The zero-order chi connectivity index (χ0) is 14.3. The van der Waals surface area contributed by atoms with Crippen LogP contribution in [0.15, 0.2) is 24.3 Å². The van der Waals surface area contributed by atoms with E-state index in [0.717, 1.165) is 0 Å². The van der Waals surface area contributed by atoms with Crippen LogP contribution in [0.25, 0.3) is 0 Å². The summed E-state index contributed by atoms with van der Waals surface area (Å²) in [6.07, 6.45) is 0. The molecule has 0 heterocycles. The third-order valence-electron chi connectivity index (χ3n) is 2.78. The Bertz CT molecular complexity index is 423. The van der Waals surface area contributed by atoms with E-state index in [1.165, 1.54) is 0 Å². The number of para-hydroxylation sites is 2. The number of hydrogen-bond donors (Lipinski definition) is 2. The molecule has 0 aliphatic rings. The second-order valence-corrected chi connectivity index (χ2v) is 4.40. The minimum absolute atomic E-state index is 0.153. The number of primary amides is 1. The molecule has 19 heavy (non-hydrogen) atoms. The van der Waals surface area contributed by atoms with E-state index in [-0.39, 0.29) is 6.61 Å². The predicted molar refractivity (Wildman–Crippen MR) is 74.4 cm³/mol. The third-order valence-corrected chi connectivity index (χ3v) is 2.78. The predicted octanol–water partition coefficient (Wildman–Crippen LogP) is 1.32. The number of carbonyl (C=O) groups is 1. The third kappa shape index (κ3) is 4.13. The molecule has 0 saturated heterocycles. The van der Waals surface area contributed by atoms with Crippen molar-refractivity contribution in [1.29, 1.82) is 0 Å². The van der Waals surface area contributed by atoms with Crippen molar-refractivity contribution in [2.45, 2.75) is 26.3 Å². The first-order valence-electron chi connectivity index (χ1n) is 6.43. The molecule has 0 saturated carbocycles. The minimum Gasteiger partial charge on any atom is -0.490 e. The van der Waals surface area contributed by atoms with Crippen LogP contribution in [-0.2, 0) is 4.79 Å². The minimum atomic E-state index is -0.895. The number of likely N-dealkylation sites (N-methyl/N-ethyl adjacent to an activating group) is 1. The molecule has 1 aromatic rings. The lowest BCUT2D eigenvalue weighted by Gasteiger charge is -2.27. The maximum atomic E-state index is 11.5. The topological polar surface area (TPSA) is 73.6 Å². The van der Waals surface area contributed by atoms with Crippen molar-refractivity contribution >= 4 is 5.91 Å². The lowest BCUT2D eigenvalue weighted by molar-refractivity contribution is -0.124. The van der Waals surface area contributed by atoms with Crippen LogP contribution in [0.2, 0.25) is 0 Å². The molecule has 0 aromatic heterocycles. The van der Waals surface area contributed by atoms with Gasteiger partial charge >= 0.3 is 0 Å². The highest BCUT2D eigenvalue weighted by molar-refractivity contribution is 5.84. The van der Waals surface area contributed by atoms with E-state index in [1.54, 1.807) is 13.0 Å². The van der Waals surface area contributed by atoms with Gasteiger partial charge in [-0.15, -0.1) is 0 Å². The summed E-state index contributed by atoms with van der Waals surface area (Å²) in [4.78, 5) is 11.5. The smallest absolute Gasteiger partial charge is 0.240 e. The molecule has 1 unspecified atom stereocenters. The van der Waals surface area contributed by atoms with Gasteiger partial charge in [0.15, 0.2) is 11.5 Å². The summed E-state index contributed by atoms with van der Waals surface area (Å²) < 4.78 is 11.1.